The van der Waals surface area contributed by atoms with Crippen LogP contribution in [-0.4, -0.2) is 31.4 Å². The van der Waals surface area contributed by atoms with Crippen molar-refractivity contribution in [3.05, 3.63) is 0 Å². The van der Waals surface area contributed by atoms with E-state index in [1.165, 1.54) is 6.92 Å². The minimum atomic E-state index is -0.225. The van der Waals surface area contributed by atoms with Gasteiger partial charge in [0.05, 0.1) is 13.0 Å². The van der Waals surface area contributed by atoms with Crippen LogP contribution in [-0.2, 0) is 14.3 Å². The number of amides is 1. The molecule has 0 aliphatic carbocycles. The van der Waals surface area contributed by atoms with Crippen LogP contribution in [0, 0.1) is 0 Å². The van der Waals surface area contributed by atoms with Gasteiger partial charge in [0.15, 0.2) is 0 Å². The molecular weight excluding hydrogens is 182 g/mol. The van der Waals surface area contributed by atoms with Crippen molar-refractivity contribution in [1.82, 2.24) is 5.32 Å². The van der Waals surface area contributed by atoms with Crippen LogP contribution in [0.25, 0.3) is 0 Å². The number of hydrogen-bond acceptors (Lipinski definition) is 3. The first kappa shape index (κ1) is 13.1. The second-order valence-corrected chi connectivity index (χ2v) is 3.19. The van der Waals surface area contributed by atoms with Crippen molar-refractivity contribution in [3.8, 4) is 0 Å². The highest BCUT2D eigenvalue weighted by Crippen LogP contribution is 1.87. The molecule has 0 bridgehead atoms. The molecule has 0 saturated carbocycles. The second kappa shape index (κ2) is 8.69. The van der Waals surface area contributed by atoms with Gasteiger partial charge in [-0.1, -0.05) is 13.3 Å². The SMILES string of the molecule is CCCCOCCNC(=O)CC(C)=O. The van der Waals surface area contributed by atoms with Gasteiger partial charge < -0.3 is 10.1 Å². The van der Waals surface area contributed by atoms with Gasteiger partial charge in [0.1, 0.15) is 5.78 Å². The zero-order chi connectivity index (χ0) is 10.8. The predicted octanol–water partition coefficient (Wildman–Crippen LogP) is 0.898. The molecular formula is C10H19NO3. The van der Waals surface area contributed by atoms with E-state index < -0.39 is 0 Å². The molecule has 0 aromatic heterocycles. The largest absolute Gasteiger partial charge is 0.380 e. The summed E-state index contributed by atoms with van der Waals surface area (Å²) in [6.45, 7) is 5.23. The Kier molecular flexibility index (Phi) is 8.13. The summed E-state index contributed by atoms with van der Waals surface area (Å²) in [7, 11) is 0. The number of Topliss-reactive ketones (excluding diaryl/α,β-unsaturated/α-hetero) is 1. The Labute approximate surface area is 85.0 Å². The molecule has 4 heteroatoms. The number of rotatable bonds is 8. The molecule has 0 radical (unpaired) electrons. The Morgan fingerprint density at radius 3 is 2.57 bits per heavy atom. The van der Waals surface area contributed by atoms with Gasteiger partial charge in [-0.05, 0) is 13.3 Å². The van der Waals surface area contributed by atoms with E-state index in [4.69, 9.17) is 4.74 Å². The Morgan fingerprint density at radius 1 is 1.29 bits per heavy atom. The third-order valence-electron chi connectivity index (χ3n) is 1.62. The molecule has 1 N–H and O–H groups in total. The molecule has 0 saturated heterocycles. The van der Waals surface area contributed by atoms with Crippen LogP contribution in [0.3, 0.4) is 0 Å². The monoisotopic (exact) mass is 201 g/mol. The fourth-order valence-electron chi connectivity index (χ4n) is 0.900. The van der Waals surface area contributed by atoms with Gasteiger partial charge in [-0.2, -0.15) is 0 Å². The average molecular weight is 201 g/mol. The zero-order valence-corrected chi connectivity index (χ0v) is 8.97. The molecule has 0 atom stereocenters. The summed E-state index contributed by atoms with van der Waals surface area (Å²) in [5.74, 6) is -0.342. The minimum Gasteiger partial charge on any atom is -0.380 e. The van der Waals surface area contributed by atoms with E-state index >= 15 is 0 Å². The summed E-state index contributed by atoms with van der Waals surface area (Å²) < 4.78 is 5.23. The van der Waals surface area contributed by atoms with E-state index in [1.807, 2.05) is 0 Å². The van der Waals surface area contributed by atoms with Gasteiger partial charge in [-0.25, -0.2) is 0 Å². The molecule has 0 spiro atoms. The van der Waals surface area contributed by atoms with E-state index in [2.05, 4.69) is 12.2 Å². The highest BCUT2D eigenvalue weighted by Gasteiger charge is 2.02. The first-order valence-corrected chi connectivity index (χ1v) is 5.00. The van der Waals surface area contributed by atoms with Gasteiger partial charge in [0.2, 0.25) is 5.91 Å². The predicted molar refractivity (Wildman–Crippen MR) is 54.0 cm³/mol. The molecule has 0 heterocycles. The zero-order valence-electron chi connectivity index (χ0n) is 8.97. The summed E-state index contributed by atoms with van der Waals surface area (Å²) in [5, 5.41) is 2.61. The van der Waals surface area contributed by atoms with E-state index in [-0.39, 0.29) is 18.1 Å². The van der Waals surface area contributed by atoms with Gasteiger partial charge in [-0.3, -0.25) is 9.59 Å². The topological polar surface area (TPSA) is 55.4 Å². The second-order valence-electron chi connectivity index (χ2n) is 3.19. The summed E-state index contributed by atoms with van der Waals surface area (Å²) in [5.41, 5.74) is 0. The van der Waals surface area contributed by atoms with Crippen molar-refractivity contribution in [2.45, 2.75) is 33.1 Å². The number of carbonyl (C=O) groups is 2. The van der Waals surface area contributed by atoms with E-state index in [0.717, 1.165) is 19.4 Å². The minimum absolute atomic E-state index is 0.0328. The lowest BCUT2D eigenvalue weighted by molar-refractivity contribution is -0.127. The lowest BCUT2D eigenvalue weighted by atomic mass is 10.3. The fraction of sp³-hybridized carbons (Fsp3) is 0.800. The molecule has 0 fully saturated rings. The lowest BCUT2D eigenvalue weighted by Crippen LogP contribution is -2.28. The quantitative estimate of drug-likeness (QED) is 0.469. The Morgan fingerprint density at radius 2 is 2.00 bits per heavy atom. The maximum atomic E-state index is 11.0. The number of ketones is 1. The van der Waals surface area contributed by atoms with E-state index in [9.17, 15) is 9.59 Å². The number of nitrogens with one attached hydrogen (secondary N) is 1. The maximum absolute atomic E-state index is 11.0. The standard InChI is InChI=1S/C10H19NO3/c1-3-4-6-14-7-5-11-10(13)8-9(2)12/h3-8H2,1-2H3,(H,11,13). The van der Waals surface area contributed by atoms with Gasteiger partial charge in [0, 0.05) is 13.2 Å². The van der Waals surface area contributed by atoms with Crippen LogP contribution in [0.2, 0.25) is 0 Å². The number of carbonyl (C=O) groups excluding carboxylic acids is 2. The van der Waals surface area contributed by atoms with Crippen molar-refractivity contribution < 1.29 is 14.3 Å². The molecule has 0 rings (SSSR count). The summed E-state index contributed by atoms with van der Waals surface area (Å²) >= 11 is 0. The van der Waals surface area contributed by atoms with Crippen LogP contribution in [0.5, 0.6) is 0 Å². The van der Waals surface area contributed by atoms with Crippen molar-refractivity contribution in [1.29, 1.82) is 0 Å². The van der Waals surface area contributed by atoms with E-state index in [0.29, 0.717) is 13.2 Å². The maximum Gasteiger partial charge on any atom is 0.227 e. The molecule has 82 valence electrons. The Bertz CT molecular complexity index is 180. The van der Waals surface area contributed by atoms with Crippen molar-refractivity contribution in [3.63, 3.8) is 0 Å². The average Bonchev–Trinajstić information content (AvgIpc) is 2.10. The molecule has 0 aliphatic rings. The van der Waals surface area contributed by atoms with Gasteiger partial charge in [0.25, 0.3) is 0 Å². The lowest BCUT2D eigenvalue weighted by Gasteiger charge is -2.04. The third kappa shape index (κ3) is 9.19. The van der Waals surface area contributed by atoms with Crippen LogP contribution < -0.4 is 5.32 Å². The molecule has 1 amide bonds. The number of unbranched alkanes of at least 4 members (excludes halogenated alkanes) is 1. The van der Waals surface area contributed by atoms with Crippen LogP contribution >= 0.6 is 0 Å². The molecule has 0 aromatic carbocycles. The van der Waals surface area contributed by atoms with Crippen molar-refractivity contribution >= 4 is 11.7 Å². The summed E-state index contributed by atoms with van der Waals surface area (Å²) in [4.78, 5) is 21.5. The van der Waals surface area contributed by atoms with Crippen molar-refractivity contribution in [2.24, 2.45) is 0 Å². The number of hydrogen-bond donors (Lipinski definition) is 1. The van der Waals surface area contributed by atoms with Crippen LogP contribution in [0.15, 0.2) is 0 Å². The first-order chi connectivity index (χ1) is 6.66. The number of ether oxygens (including phenoxy) is 1. The Hall–Kier alpha value is -0.900. The highest BCUT2D eigenvalue weighted by atomic mass is 16.5. The molecule has 14 heavy (non-hydrogen) atoms. The highest BCUT2D eigenvalue weighted by molar-refractivity contribution is 5.96. The first-order valence-electron chi connectivity index (χ1n) is 5.00. The Balaban J connectivity index is 3.19. The van der Waals surface area contributed by atoms with E-state index in [1.54, 1.807) is 0 Å². The normalized spacial score (nSPS) is 9.86. The smallest absolute Gasteiger partial charge is 0.227 e. The molecule has 0 aliphatic heterocycles. The van der Waals surface area contributed by atoms with Gasteiger partial charge >= 0.3 is 0 Å². The van der Waals surface area contributed by atoms with Crippen LogP contribution in [0.1, 0.15) is 33.1 Å². The van der Waals surface area contributed by atoms with Gasteiger partial charge in [-0.15, -0.1) is 0 Å². The van der Waals surface area contributed by atoms with Crippen LogP contribution in [0.4, 0.5) is 0 Å². The molecule has 0 aromatic rings. The van der Waals surface area contributed by atoms with Crippen molar-refractivity contribution in [2.75, 3.05) is 19.8 Å². The summed E-state index contributed by atoms with van der Waals surface area (Å²) in [6, 6.07) is 0. The molecule has 0 unspecified atom stereocenters. The fourth-order valence-corrected chi connectivity index (χ4v) is 0.900. The summed E-state index contributed by atoms with van der Waals surface area (Å²) in [6.07, 6.45) is 2.12. The third-order valence-corrected chi connectivity index (χ3v) is 1.62. The molecule has 4 nitrogen and oxygen atoms in total.